The number of hydrogen-bond acceptors (Lipinski definition) is 2. The summed E-state index contributed by atoms with van der Waals surface area (Å²) in [5, 5.41) is 0.723. The number of carbonyl (C=O) groups excluding carboxylic acids is 1. The maximum absolute atomic E-state index is 13.6. The van der Waals surface area contributed by atoms with E-state index in [0.717, 1.165) is 51.2 Å². The summed E-state index contributed by atoms with van der Waals surface area (Å²) in [7, 11) is 0. The molecular weight excluding hydrogens is 486 g/mol. The van der Waals surface area contributed by atoms with E-state index in [1.807, 2.05) is 48.2 Å². The molecule has 1 heterocycles. The Morgan fingerprint density at radius 3 is 2.66 bits per heavy atom. The van der Waals surface area contributed by atoms with Gasteiger partial charge in [0.25, 0.3) is 5.91 Å². The highest BCUT2D eigenvalue weighted by Gasteiger charge is 2.26. The number of hydrogen-bond donors (Lipinski definition) is 0. The first-order chi connectivity index (χ1) is 15.3. The summed E-state index contributed by atoms with van der Waals surface area (Å²) < 4.78 is 3.31. The zero-order chi connectivity index (χ0) is 22.8. The number of aromatic nitrogens is 2. The first-order valence-corrected chi connectivity index (χ1v) is 12.7. The monoisotopic (exact) mass is 515 g/mol. The van der Waals surface area contributed by atoms with Crippen LogP contribution in [0.25, 0.3) is 11.0 Å². The lowest BCUT2D eigenvalue weighted by molar-refractivity contribution is 0.0728. The molecule has 170 valence electrons. The number of amides is 1. The van der Waals surface area contributed by atoms with Gasteiger partial charge in [-0.1, -0.05) is 60.3 Å². The molecule has 32 heavy (non-hydrogen) atoms. The Labute approximate surface area is 204 Å². The molecule has 0 radical (unpaired) electrons. The Balaban J connectivity index is 1.72. The second-order valence-electron chi connectivity index (χ2n) is 9.34. The van der Waals surface area contributed by atoms with Crippen LogP contribution in [0.5, 0.6) is 0 Å². The Bertz CT molecular complexity index is 1120. The van der Waals surface area contributed by atoms with Gasteiger partial charge < -0.3 is 9.47 Å². The Morgan fingerprint density at radius 1 is 1.22 bits per heavy atom. The second kappa shape index (κ2) is 9.96. The van der Waals surface area contributed by atoms with Gasteiger partial charge in [-0.15, -0.1) is 0 Å². The number of nitrogens with zero attached hydrogens (tertiary/aromatic N) is 3. The molecule has 1 aliphatic rings. The fourth-order valence-electron chi connectivity index (χ4n) is 4.54. The van der Waals surface area contributed by atoms with Crippen molar-refractivity contribution in [2.45, 2.75) is 65.5 Å². The van der Waals surface area contributed by atoms with E-state index in [0.29, 0.717) is 30.6 Å². The third-order valence-electron chi connectivity index (χ3n) is 6.43. The Kier molecular flexibility index (Phi) is 7.26. The van der Waals surface area contributed by atoms with Crippen LogP contribution in [0, 0.1) is 12.8 Å². The number of fused-ring (bicyclic) bond motifs is 1. The van der Waals surface area contributed by atoms with E-state index in [-0.39, 0.29) is 5.91 Å². The Hall–Kier alpha value is -1.85. The number of carbonyl (C=O) groups is 1. The maximum atomic E-state index is 13.6. The average molecular weight is 517 g/mol. The summed E-state index contributed by atoms with van der Waals surface area (Å²) in [5.41, 5.74) is 3.85. The molecule has 1 amide bonds. The van der Waals surface area contributed by atoms with Crippen LogP contribution in [0.2, 0.25) is 5.02 Å². The van der Waals surface area contributed by atoms with Gasteiger partial charge in [-0.25, -0.2) is 4.98 Å². The average Bonchev–Trinajstić information content (AvgIpc) is 3.39. The van der Waals surface area contributed by atoms with E-state index < -0.39 is 0 Å². The molecule has 0 N–H and O–H groups in total. The van der Waals surface area contributed by atoms with Gasteiger partial charge in [0, 0.05) is 27.6 Å². The minimum atomic E-state index is 0.0504. The van der Waals surface area contributed by atoms with Crippen LogP contribution >= 0.6 is 27.5 Å². The molecule has 6 heteroatoms. The fraction of sp³-hybridized carbons (Fsp3) is 0.462. The minimum absolute atomic E-state index is 0.0504. The molecule has 0 spiro atoms. The number of aryl methyl sites for hydroxylation is 1. The lowest BCUT2D eigenvalue weighted by Crippen LogP contribution is -2.33. The molecule has 0 aliphatic heterocycles. The number of halogens is 2. The third-order valence-corrected chi connectivity index (χ3v) is 7.52. The molecule has 0 unspecified atom stereocenters. The van der Waals surface area contributed by atoms with Gasteiger partial charge >= 0.3 is 0 Å². The molecule has 1 saturated carbocycles. The van der Waals surface area contributed by atoms with Crippen LogP contribution in [0.4, 0.5) is 0 Å². The van der Waals surface area contributed by atoms with Crippen LogP contribution in [-0.2, 0) is 6.54 Å². The van der Waals surface area contributed by atoms with Crippen molar-refractivity contribution in [1.82, 2.24) is 14.5 Å². The number of rotatable bonds is 7. The smallest absolute Gasteiger partial charge is 0.254 e. The molecule has 3 aromatic rings. The first kappa shape index (κ1) is 23.3. The molecule has 0 bridgehead atoms. The predicted octanol–water partition coefficient (Wildman–Crippen LogP) is 7.56. The predicted molar refractivity (Wildman–Crippen MR) is 135 cm³/mol. The maximum Gasteiger partial charge on any atom is 0.254 e. The van der Waals surface area contributed by atoms with Crippen molar-refractivity contribution in [2.24, 2.45) is 5.92 Å². The topological polar surface area (TPSA) is 38.1 Å². The van der Waals surface area contributed by atoms with Gasteiger partial charge in [0.2, 0.25) is 0 Å². The van der Waals surface area contributed by atoms with Crippen molar-refractivity contribution in [1.29, 1.82) is 0 Å². The molecule has 1 aliphatic carbocycles. The molecule has 4 rings (SSSR count). The van der Waals surface area contributed by atoms with Crippen LogP contribution < -0.4 is 0 Å². The van der Waals surface area contributed by atoms with Crippen LogP contribution in [0.3, 0.4) is 0 Å². The summed E-state index contributed by atoms with van der Waals surface area (Å²) in [6.45, 7) is 7.63. The van der Waals surface area contributed by atoms with Crippen molar-refractivity contribution in [2.75, 3.05) is 6.54 Å². The molecule has 2 aromatic carbocycles. The van der Waals surface area contributed by atoms with E-state index in [1.165, 1.54) is 12.8 Å². The Morgan fingerprint density at radius 2 is 1.97 bits per heavy atom. The van der Waals surface area contributed by atoms with Crippen LogP contribution in [0.15, 0.2) is 40.9 Å². The van der Waals surface area contributed by atoms with Crippen molar-refractivity contribution in [3.63, 3.8) is 0 Å². The van der Waals surface area contributed by atoms with Crippen LogP contribution in [-0.4, -0.2) is 26.9 Å². The van der Waals surface area contributed by atoms with E-state index in [1.54, 1.807) is 0 Å². The van der Waals surface area contributed by atoms with Crippen molar-refractivity contribution in [3.8, 4) is 0 Å². The summed E-state index contributed by atoms with van der Waals surface area (Å²) >= 11 is 9.92. The van der Waals surface area contributed by atoms with Gasteiger partial charge in [-0.05, 0) is 68.0 Å². The van der Waals surface area contributed by atoms with E-state index >= 15 is 0 Å². The van der Waals surface area contributed by atoms with E-state index in [4.69, 9.17) is 16.6 Å². The quantitative estimate of drug-likeness (QED) is 0.325. The minimum Gasteiger partial charge on any atom is -0.331 e. The highest BCUT2D eigenvalue weighted by molar-refractivity contribution is 9.10. The SMILES string of the molecule is Cc1ccc(C(=O)N(CCC(C)C)Cc2nc3ccc(Cl)cc3n2C2CCCC2)cc1Br. The summed E-state index contributed by atoms with van der Waals surface area (Å²) in [5.74, 6) is 1.52. The first-order valence-electron chi connectivity index (χ1n) is 11.5. The normalized spacial score (nSPS) is 14.6. The summed E-state index contributed by atoms with van der Waals surface area (Å²) in [6, 6.07) is 12.2. The molecule has 0 atom stereocenters. The highest BCUT2D eigenvalue weighted by atomic mass is 79.9. The van der Waals surface area contributed by atoms with Gasteiger partial charge in [0.1, 0.15) is 5.82 Å². The van der Waals surface area contributed by atoms with Gasteiger partial charge in [0.05, 0.1) is 17.6 Å². The molecule has 1 fully saturated rings. The molecular formula is C26H31BrClN3O. The van der Waals surface area contributed by atoms with Gasteiger partial charge in [-0.2, -0.15) is 0 Å². The van der Waals surface area contributed by atoms with Crippen molar-refractivity contribution in [3.05, 3.63) is 62.8 Å². The van der Waals surface area contributed by atoms with Crippen molar-refractivity contribution >= 4 is 44.5 Å². The molecule has 0 saturated heterocycles. The standard InChI is InChI=1S/C26H31BrClN3O/c1-17(2)12-13-30(26(32)19-9-8-18(3)22(27)14-19)16-25-29-23-11-10-20(28)15-24(23)31(25)21-6-4-5-7-21/h8-11,14-15,17,21H,4-7,12-13,16H2,1-3H3. The molecule has 1 aromatic heterocycles. The summed E-state index contributed by atoms with van der Waals surface area (Å²) in [6.07, 6.45) is 5.72. The lowest BCUT2D eigenvalue weighted by atomic mass is 10.1. The van der Waals surface area contributed by atoms with E-state index in [2.05, 4.69) is 34.3 Å². The molecule has 4 nitrogen and oxygen atoms in total. The van der Waals surface area contributed by atoms with Crippen molar-refractivity contribution < 1.29 is 4.79 Å². The fourth-order valence-corrected chi connectivity index (χ4v) is 5.09. The highest BCUT2D eigenvalue weighted by Crippen LogP contribution is 2.35. The zero-order valence-corrected chi connectivity index (χ0v) is 21.4. The van der Waals surface area contributed by atoms with Crippen LogP contribution in [0.1, 0.15) is 73.7 Å². The number of imidazole rings is 1. The summed E-state index contributed by atoms with van der Waals surface area (Å²) in [4.78, 5) is 20.5. The number of benzene rings is 2. The van der Waals surface area contributed by atoms with E-state index in [9.17, 15) is 4.79 Å². The largest absolute Gasteiger partial charge is 0.331 e. The second-order valence-corrected chi connectivity index (χ2v) is 10.6. The zero-order valence-electron chi connectivity index (χ0n) is 19.1. The van der Waals surface area contributed by atoms with Gasteiger partial charge in [0.15, 0.2) is 0 Å². The van der Waals surface area contributed by atoms with Gasteiger partial charge in [-0.3, -0.25) is 4.79 Å². The third kappa shape index (κ3) is 5.04. The lowest BCUT2D eigenvalue weighted by Gasteiger charge is -2.25.